The van der Waals surface area contributed by atoms with E-state index in [1.54, 1.807) is 18.0 Å². The summed E-state index contributed by atoms with van der Waals surface area (Å²) in [6, 6.07) is 3.83. The molecule has 0 aliphatic heterocycles. The minimum atomic E-state index is -0.00581. The lowest BCUT2D eigenvalue weighted by molar-refractivity contribution is -0.118. The lowest BCUT2D eigenvalue weighted by Crippen LogP contribution is -2.22. The van der Waals surface area contributed by atoms with Gasteiger partial charge in [0, 0.05) is 23.3 Å². The Morgan fingerprint density at radius 2 is 2.47 bits per heavy atom. The van der Waals surface area contributed by atoms with Gasteiger partial charge in [-0.25, -0.2) is 4.98 Å². The van der Waals surface area contributed by atoms with Gasteiger partial charge in [-0.05, 0) is 18.4 Å². The van der Waals surface area contributed by atoms with E-state index in [1.165, 1.54) is 0 Å². The number of fused-ring (bicyclic) bond motifs is 1. The number of carbonyl (C=O) groups is 1. The molecule has 1 unspecified atom stereocenters. The molecule has 0 radical (unpaired) electrons. The number of hydrogen-bond acceptors (Lipinski definition) is 3. The molecule has 0 fully saturated rings. The van der Waals surface area contributed by atoms with Gasteiger partial charge < -0.3 is 10.3 Å². The standard InChI is InChI=1S/C12H15N3OS/c1-8(7-17-2)12(16)15-11-5-9-3-4-13-10(9)6-14-11/h3-6,8,13H,7H2,1-2H3,(H,14,15,16). The smallest absolute Gasteiger partial charge is 0.229 e. The van der Waals surface area contributed by atoms with Gasteiger partial charge >= 0.3 is 0 Å². The molecule has 1 amide bonds. The first kappa shape index (κ1) is 12.0. The number of anilines is 1. The number of thioether (sulfide) groups is 1. The van der Waals surface area contributed by atoms with Gasteiger partial charge in [0.1, 0.15) is 5.82 Å². The van der Waals surface area contributed by atoms with Gasteiger partial charge in [-0.3, -0.25) is 4.79 Å². The Bertz CT molecular complexity index is 523. The SMILES string of the molecule is CSCC(C)C(=O)Nc1cc2cc[nH]c2cn1. The second-order valence-electron chi connectivity index (χ2n) is 3.98. The summed E-state index contributed by atoms with van der Waals surface area (Å²) in [5.74, 6) is 1.43. The molecule has 2 aromatic heterocycles. The molecule has 17 heavy (non-hydrogen) atoms. The van der Waals surface area contributed by atoms with E-state index in [0.29, 0.717) is 5.82 Å². The van der Waals surface area contributed by atoms with Crippen LogP contribution in [0.5, 0.6) is 0 Å². The molecule has 2 heterocycles. The summed E-state index contributed by atoms with van der Waals surface area (Å²) < 4.78 is 0. The maximum Gasteiger partial charge on any atom is 0.229 e. The van der Waals surface area contributed by atoms with Crippen molar-refractivity contribution in [1.82, 2.24) is 9.97 Å². The van der Waals surface area contributed by atoms with E-state index in [9.17, 15) is 4.79 Å². The maximum atomic E-state index is 11.8. The Kier molecular flexibility index (Phi) is 3.68. The second-order valence-corrected chi connectivity index (χ2v) is 4.89. The van der Waals surface area contributed by atoms with E-state index in [0.717, 1.165) is 16.7 Å². The predicted molar refractivity (Wildman–Crippen MR) is 72.3 cm³/mol. The first-order chi connectivity index (χ1) is 8.20. The zero-order chi connectivity index (χ0) is 12.3. The molecule has 0 spiro atoms. The van der Waals surface area contributed by atoms with Gasteiger partial charge in [0.15, 0.2) is 0 Å². The van der Waals surface area contributed by atoms with Crippen molar-refractivity contribution in [3.63, 3.8) is 0 Å². The Balaban J connectivity index is 2.09. The Hall–Kier alpha value is -1.49. The third-order valence-electron chi connectivity index (χ3n) is 2.55. The molecule has 0 saturated heterocycles. The van der Waals surface area contributed by atoms with E-state index in [-0.39, 0.29) is 11.8 Å². The molecule has 4 nitrogen and oxygen atoms in total. The first-order valence-corrected chi connectivity index (χ1v) is 6.83. The lowest BCUT2D eigenvalue weighted by atomic mass is 10.2. The number of amides is 1. The van der Waals surface area contributed by atoms with Crippen molar-refractivity contribution in [2.24, 2.45) is 5.92 Å². The first-order valence-electron chi connectivity index (χ1n) is 5.43. The molecule has 0 bridgehead atoms. The summed E-state index contributed by atoms with van der Waals surface area (Å²) in [6.45, 7) is 1.92. The largest absolute Gasteiger partial charge is 0.360 e. The van der Waals surface area contributed by atoms with E-state index >= 15 is 0 Å². The van der Waals surface area contributed by atoms with Crippen molar-refractivity contribution in [3.05, 3.63) is 24.5 Å². The number of rotatable bonds is 4. The fourth-order valence-corrected chi connectivity index (χ4v) is 2.25. The number of nitrogens with zero attached hydrogens (tertiary/aromatic N) is 1. The molecule has 0 aromatic carbocycles. The van der Waals surface area contributed by atoms with Gasteiger partial charge in [-0.1, -0.05) is 6.92 Å². The van der Waals surface area contributed by atoms with Crippen LogP contribution in [0.1, 0.15) is 6.92 Å². The number of aromatic amines is 1. The predicted octanol–water partition coefficient (Wildman–Crippen LogP) is 2.50. The molecular weight excluding hydrogens is 234 g/mol. The lowest BCUT2D eigenvalue weighted by Gasteiger charge is -2.10. The molecule has 5 heteroatoms. The molecule has 0 saturated carbocycles. The zero-order valence-corrected chi connectivity index (χ0v) is 10.7. The summed E-state index contributed by atoms with van der Waals surface area (Å²) in [5.41, 5.74) is 0.972. The summed E-state index contributed by atoms with van der Waals surface area (Å²) in [5, 5.41) is 3.88. The van der Waals surface area contributed by atoms with Gasteiger partial charge in [-0.2, -0.15) is 11.8 Å². The quantitative estimate of drug-likeness (QED) is 0.875. The summed E-state index contributed by atoms with van der Waals surface area (Å²) in [6.07, 6.45) is 5.58. The minimum absolute atomic E-state index is 0.00581. The van der Waals surface area contributed by atoms with Gasteiger partial charge in [-0.15, -0.1) is 0 Å². The monoisotopic (exact) mass is 249 g/mol. The highest BCUT2D eigenvalue weighted by molar-refractivity contribution is 7.98. The van der Waals surface area contributed by atoms with Crippen LogP contribution in [0.15, 0.2) is 24.5 Å². The van der Waals surface area contributed by atoms with Crippen molar-refractivity contribution in [2.45, 2.75) is 6.92 Å². The Morgan fingerprint density at radius 3 is 3.24 bits per heavy atom. The summed E-state index contributed by atoms with van der Waals surface area (Å²) >= 11 is 1.67. The number of carbonyl (C=O) groups excluding carboxylic acids is 1. The van der Waals surface area contributed by atoms with E-state index in [4.69, 9.17) is 0 Å². The Morgan fingerprint density at radius 1 is 1.65 bits per heavy atom. The van der Waals surface area contributed by atoms with Crippen LogP contribution >= 0.6 is 11.8 Å². The molecule has 2 rings (SSSR count). The van der Waals surface area contributed by atoms with Gasteiger partial charge in [0.25, 0.3) is 0 Å². The highest BCUT2D eigenvalue weighted by Crippen LogP contribution is 2.16. The van der Waals surface area contributed by atoms with Crippen molar-refractivity contribution in [1.29, 1.82) is 0 Å². The maximum absolute atomic E-state index is 11.8. The minimum Gasteiger partial charge on any atom is -0.360 e. The number of aromatic nitrogens is 2. The average Bonchev–Trinajstić information content (AvgIpc) is 2.76. The molecule has 2 N–H and O–H groups in total. The number of pyridine rings is 1. The number of nitrogens with one attached hydrogen (secondary N) is 2. The highest BCUT2D eigenvalue weighted by atomic mass is 32.2. The van der Waals surface area contributed by atoms with Crippen LogP contribution in [0, 0.1) is 5.92 Å². The normalized spacial score (nSPS) is 12.6. The van der Waals surface area contributed by atoms with E-state index in [1.807, 2.05) is 31.5 Å². The number of hydrogen-bond donors (Lipinski definition) is 2. The van der Waals surface area contributed by atoms with Gasteiger partial charge in [0.2, 0.25) is 5.91 Å². The van der Waals surface area contributed by atoms with Crippen molar-refractivity contribution in [3.8, 4) is 0 Å². The van der Waals surface area contributed by atoms with Crippen LogP contribution in [-0.2, 0) is 4.79 Å². The van der Waals surface area contributed by atoms with Gasteiger partial charge in [0.05, 0.1) is 11.7 Å². The summed E-state index contributed by atoms with van der Waals surface area (Å²) in [4.78, 5) is 19.1. The number of H-pyrrole nitrogens is 1. The average molecular weight is 249 g/mol. The van der Waals surface area contributed by atoms with Crippen molar-refractivity contribution < 1.29 is 4.79 Å². The highest BCUT2D eigenvalue weighted by Gasteiger charge is 2.12. The molecule has 1 atom stereocenters. The molecule has 0 aliphatic rings. The van der Waals surface area contributed by atoms with Crippen molar-refractivity contribution >= 4 is 34.4 Å². The van der Waals surface area contributed by atoms with E-state index in [2.05, 4.69) is 15.3 Å². The zero-order valence-electron chi connectivity index (χ0n) is 9.86. The van der Waals surface area contributed by atoms with E-state index < -0.39 is 0 Å². The third kappa shape index (κ3) is 2.79. The molecule has 90 valence electrons. The van der Waals surface area contributed by atoms with Crippen LogP contribution < -0.4 is 5.32 Å². The van der Waals surface area contributed by atoms with Crippen LogP contribution in [-0.4, -0.2) is 27.9 Å². The van der Waals surface area contributed by atoms with Crippen LogP contribution in [0.25, 0.3) is 10.9 Å². The Labute approximate surface area is 104 Å². The van der Waals surface area contributed by atoms with Crippen LogP contribution in [0.2, 0.25) is 0 Å². The van der Waals surface area contributed by atoms with Crippen LogP contribution in [0.3, 0.4) is 0 Å². The molecule has 0 aliphatic carbocycles. The summed E-state index contributed by atoms with van der Waals surface area (Å²) in [7, 11) is 0. The fraction of sp³-hybridized carbons (Fsp3) is 0.333. The molecule has 2 aromatic rings. The fourth-order valence-electron chi connectivity index (χ4n) is 1.59. The van der Waals surface area contributed by atoms with Crippen LogP contribution in [0.4, 0.5) is 5.82 Å². The second kappa shape index (κ2) is 5.23. The molecular formula is C12H15N3OS. The van der Waals surface area contributed by atoms with Crippen molar-refractivity contribution in [2.75, 3.05) is 17.3 Å². The topological polar surface area (TPSA) is 57.8 Å². The third-order valence-corrected chi connectivity index (χ3v) is 3.39.